The van der Waals surface area contributed by atoms with Crippen molar-refractivity contribution in [3.8, 4) is 0 Å². The molecule has 1 rings (SSSR count). The van der Waals surface area contributed by atoms with Crippen LogP contribution in [0.25, 0.3) is 0 Å². The van der Waals surface area contributed by atoms with Crippen molar-refractivity contribution in [2.24, 2.45) is 0 Å². The molecule has 0 N–H and O–H groups in total. The summed E-state index contributed by atoms with van der Waals surface area (Å²) < 4.78 is 11.0. The minimum absolute atomic E-state index is 0.383. The van der Waals surface area contributed by atoms with Crippen LogP contribution >= 0.6 is 0 Å². The van der Waals surface area contributed by atoms with Crippen LogP contribution in [0.4, 0.5) is 0 Å². The van der Waals surface area contributed by atoms with E-state index in [1.165, 1.54) is 6.26 Å². The number of hydrogen-bond acceptors (Lipinski definition) is 2. The molecule has 1 atom stereocenters. The predicted octanol–water partition coefficient (Wildman–Crippen LogP) is 0.882. The maximum Gasteiger partial charge on any atom is 0.238 e. The molecule has 1 aromatic carbocycles. The van der Waals surface area contributed by atoms with Gasteiger partial charge in [0.1, 0.15) is 6.26 Å². The van der Waals surface area contributed by atoms with Crippen molar-refractivity contribution in [2.45, 2.75) is 4.90 Å². The summed E-state index contributed by atoms with van der Waals surface area (Å²) in [5, 5.41) is 0. The molecule has 0 aromatic heterocycles. The van der Waals surface area contributed by atoms with Gasteiger partial charge in [0.25, 0.3) is 0 Å². The average Bonchev–Trinajstić information content (AvgIpc) is 2.04. The average molecular weight is 167 g/mol. The SMILES string of the molecule is C[S+]([O-])c1ccccc1[C]=O. The van der Waals surface area contributed by atoms with E-state index in [-0.39, 0.29) is 0 Å². The van der Waals surface area contributed by atoms with Gasteiger partial charge in [-0.2, -0.15) is 0 Å². The minimum Gasteiger partial charge on any atom is -0.612 e. The molecule has 1 radical (unpaired) electrons. The molecular weight excluding hydrogens is 160 g/mol. The Hall–Kier alpha value is -0.800. The van der Waals surface area contributed by atoms with Gasteiger partial charge < -0.3 is 4.55 Å². The highest BCUT2D eigenvalue weighted by Gasteiger charge is 2.09. The summed E-state index contributed by atoms with van der Waals surface area (Å²) >= 11 is -1.10. The fourth-order valence-electron chi connectivity index (χ4n) is 0.802. The first-order chi connectivity index (χ1) is 5.25. The van der Waals surface area contributed by atoms with E-state index in [9.17, 15) is 9.35 Å². The van der Waals surface area contributed by atoms with E-state index in [1.54, 1.807) is 30.6 Å². The van der Waals surface area contributed by atoms with Crippen LogP contribution in [0.15, 0.2) is 29.2 Å². The minimum atomic E-state index is -1.10. The monoisotopic (exact) mass is 167 g/mol. The molecule has 1 aromatic rings. The van der Waals surface area contributed by atoms with Crippen molar-refractivity contribution >= 4 is 17.5 Å². The highest BCUT2D eigenvalue weighted by atomic mass is 32.2. The van der Waals surface area contributed by atoms with Crippen molar-refractivity contribution in [3.63, 3.8) is 0 Å². The first kappa shape index (κ1) is 8.30. The lowest BCUT2D eigenvalue weighted by Crippen LogP contribution is -2.01. The zero-order chi connectivity index (χ0) is 8.27. The Balaban J connectivity index is 3.12. The summed E-state index contributed by atoms with van der Waals surface area (Å²) in [7, 11) is 0. The van der Waals surface area contributed by atoms with E-state index in [0.717, 1.165) is 0 Å². The van der Waals surface area contributed by atoms with Crippen LogP contribution in [0.5, 0.6) is 0 Å². The molecule has 11 heavy (non-hydrogen) atoms. The van der Waals surface area contributed by atoms with Crippen LogP contribution < -0.4 is 0 Å². The summed E-state index contributed by atoms with van der Waals surface area (Å²) in [4.78, 5) is 10.8. The second kappa shape index (κ2) is 3.55. The fourth-order valence-corrected chi connectivity index (χ4v) is 1.49. The van der Waals surface area contributed by atoms with Crippen molar-refractivity contribution in [2.75, 3.05) is 6.26 Å². The quantitative estimate of drug-likeness (QED) is 0.613. The number of carbonyl (C=O) groups excluding carboxylic acids is 1. The highest BCUT2D eigenvalue weighted by molar-refractivity contribution is 7.90. The van der Waals surface area contributed by atoms with Gasteiger partial charge in [-0.3, -0.25) is 4.79 Å². The first-order valence-electron chi connectivity index (χ1n) is 3.06. The van der Waals surface area contributed by atoms with Crippen molar-refractivity contribution in [1.82, 2.24) is 0 Å². The van der Waals surface area contributed by atoms with Gasteiger partial charge in [0.05, 0.1) is 5.56 Å². The Morgan fingerprint density at radius 2 is 2.09 bits per heavy atom. The fraction of sp³-hybridized carbons (Fsp3) is 0.125. The highest BCUT2D eigenvalue weighted by Crippen LogP contribution is 2.12. The Morgan fingerprint density at radius 1 is 1.45 bits per heavy atom. The molecule has 0 fully saturated rings. The van der Waals surface area contributed by atoms with E-state index < -0.39 is 11.2 Å². The second-order valence-electron chi connectivity index (χ2n) is 2.05. The molecule has 0 aliphatic heterocycles. The topological polar surface area (TPSA) is 40.1 Å². The van der Waals surface area contributed by atoms with E-state index >= 15 is 0 Å². The van der Waals surface area contributed by atoms with Gasteiger partial charge in [-0.25, -0.2) is 0 Å². The number of rotatable bonds is 2. The van der Waals surface area contributed by atoms with Crippen molar-refractivity contribution in [3.05, 3.63) is 29.8 Å². The molecule has 0 amide bonds. The normalized spacial score (nSPS) is 12.5. The summed E-state index contributed by atoms with van der Waals surface area (Å²) in [6, 6.07) is 6.73. The summed E-state index contributed by atoms with van der Waals surface area (Å²) in [5.74, 6) is 0. The van der Waals surface area contributed by atoms with Gasteiger partial charge >= 0.3 is 0 Å². The molecule has 0 aliphatic carbocycles. The zero-order valence-electron chi connectivity index (χ0n) is 6.03. The second-order valence-corrected chi connectivity index (χ2v) is 3.40. The van der Waals surface area contributed by atoms with Gasteiger partial charge in [-0.15, -0.1) is 0 Å². The lowest BCUT2D eigenvalue weighted by Gasteiger charge is -2.04. The standard InChI is InChI=1S/C8H7O2S/c1-11(10)8-5-3-2-4-7(8)6-9/h2-5H,1H3. The summed E-state index contributed by atoms with van der Waals surface area (Å²) in [6.07, 6.45) is 3.27. The smallest absolute Gasteiger partial charge is 0.238 e. The number of hydrogen-bond donors (Lipinski definition) is 0. The Kier molecular flexibility index (Phi) is 2.68. The van der Waals surface area contributed by atoms with Gasteiger partial charge in [0.2, 0.25) is 6.29 Å². The van der Waals surface area contributed by atoms with E-state index in [2.05, 4.69) is 0 Å². The van der Waals surface area contributed by atoms with Crippen LogP contribution in [0, 0.1) is 0 Å². The lowest BCUT2D eigenvalue weighted by molar-refractivity contribution is 0.561. The van der Waals surface area contributed by atoms with Gasteiger partial charge in [-0.1, -0.05) is 12.1 Å². The van der Waals surface area contributed by atoms with Gasteiger partial charge in [-0.05, 0) is 23.3 Å². The summed E-state index contributed by atoms with van der Waals surface area (Å²) in [6.45, 7) is 0. The van der Waals surface area contributed by atoms with Crippen LogP contribution in [0.1, 0.15) is 5.56 Å². The summed E-state index contributed by atoms with van der Waals surface area (Å²) in [5.41, 5.74) is 0.383. The molecule has 3 heteroatoms. The molecular formula is C8H7O2S. The van der Waals surface area contributed by atoms with Crippen LogP contribution in [-0.4, -0.2) is 17.1 Å². The van der Waals surface area contributed by atoms with Crippen LogP contribution in [0.2, 0.25) is 0 Å². The molecule has 0 spiro atoms. The predicted molar refractivity (Wildman–Crippen MR) is 43.6 cm³/mol. The van der Waals surface area contributed by atoms with E-state index in [0.29, 0.717) is 10.5 Å². The zero-order valence-corrected chi connectivity index (χ0v) is 6.85. The Bertz CT molecular complexity index is 258. The number of benzene rings is 1. The van der Waals surface area contributed by atoms with Gasteiger partial charge in [0.15, 0.2) is 4.90 Å². The third-order valence-corrected chi connectivity index (χ3v) is 2.28. The Labute approximate surface area is 68.4 Å². The largest absolute Gasteiger partial charge is 0.612 e. The van der Waals surface area contributed by atoms with Crippen molar-refractivity contribution in [1.29, 1.82) is 0 Å². The molecule has 0 aliphatic rings. The molecule has 2 nitrogen and oxygen atoms in total. The van der Waals surface area contributed by atoms with E-state index in [4.69, 9.17) is 0 Å². The maximum absolute atomic E-state index is 11.0. The third kappa shape index (κ3) is 1.82. The van der Waals surface area contributed by atoms with Crippen LogP contribution in [0.3, 0.4) is 0 Å². The van der Waals surface area contributed by atoms with E-state index in [1.807, 2.05) is 0 Å². The van der Waals surface area contributed by atoms with Crippen molar-refractivity contribution < 1.29 is 9.35 Å². The van der Waals surface area contributed by atoms with Gasteiger partial charge in [0, 0.05) is 0 Å². The molecule has 1 unspecified atom stereocenters. The third-order valence-electron chi connectivity index (χ3n) is 1.31. The van der Waals surface area contributed by atoms with Crippen LogP contribution in [-0.2, 0) is 16.0 Å². The molecule has 0 bridgehead atoms. The first-order valence-corrected chi connectivity index (χ1v) is 4.62. The molecule has 0 saturated heterocycles. The molecule has 57 valence electrons. The Morgan fingerprint density at radius 3 is 2.55 bits per heavy atom. The molecule has 0 heterocycles. The lowest BCUT2D eigenvalue weighted by atomic mass is 10.2. The molecule has 0 saturated carbocycles. The maximum atomic E-state index is 11.0.